The molecule has 1 aliphatic rings. The van der Waals surface area contributed by atoms with E-state index < -0.39 is 18.2 Å². The Balaban J connectivity index is 1.94. The SMILES string of the molecule is CCCCCCCCN1C(=O)[C@@H](O)N(c2ccc(Cl)cc2)C1=O. The summed E-state index contributed by atoms with van der Waals surface area (Å²) in [5.41, 5.74) is 0.464. The van der Waals surface area contributed by atoms with Gasteiger partial charge in [0.1, 0.15) is 0 Å². The van der Waals surface area contributed by atoms with Gasteiger partial charge in [-0.3, -0.25) is 14.6 Å². The minimum Gasteiger partial charge on any atom is -0.365 e. The molecule has 0 unspecified atom stereocenters. The molecule has 1 fully saturated rings. The summed E-state index contributed by atoms with van der Waals surface area (Å²) < 4.78 is 0. The molecule has 0 radical (unpaired) electrons. The summed E-state index contributed by atoms with van der Waals surface area (Å²) in [6, 6.07) is 6.00. The molecule has 1 aromatic carbocycles. The number of rotatable bonds is 8. The van der Waals surface area contributed by atoms with Crippen LogP contribution in [0.1, 0.15) is 45.4 Å². The van der Waals surface area contributed by atoms with Crippen molar-refractivity contribution >= 4 is 29.2 Å². The van der Waals surface area contributed by atoms with Gasteiger partial charge < -0.3 is 5.11 Å². The van der Waals surface area contributed by atoms with Crippen molar-refractivity contribution in [3.63, 3.8) is 0 Å². The van der Waals surface area contributed by atoms with Gasteiger partial charge in [0.15, 0.2) is 0 Å². The number of aliphatic hydroxyl groups is 1. The molecule has 0 saturated carbocycles. The number of unbranched alkanes of at least 4 members (excludes halogenated alkanes) is 5. The van der Waals surface area contributed by atoms with Crippen LogP contribution in [0.3, 0.4) is 0 Å². The molecular formula is C17H23ClN2O3. The van der Waals surface area contributed by atoms with E-state index in [0.29, 0.717) is 17.3 Å². The Hall–Kier alpha value is -1.59. The molecule has 1 atom stereocenters. The predicted octanol–water partition coefficient (Wildman–Crippen LogP) is 3.79. The first kappa shape index (κ1) is 17.8. The molecule has 3 amide bonds. The van der Waals surface area contributed by atoms with Gasteiger partial charge in [-0.2, -0.15) is 0 Å². The highest BCUT2D eigenvalue weighted by Crippen LogP contribution is 2.26. The number of halogens is 1. The molecule has 5 nitrogen and oxygen atoms in total. The molecule has 1 aromatic rings. The third-order valence-electron chi connectivity index (χ3n) is 4.01. The van der Waals surface area contributed by atoms with Gasteiger partial charge in [-0.1, -0.05) is 50.6 Å². The van der Waals surface area contributed by atoms with Gasteiger partial charge in [0.05, 0.1) is 0 Å². The number of amides is 3. The van der Waals surface area contributed by atoms with Gasteiger partial charge in [0.25, 0.3) is 5.91 Å². The zero-order valence-corrected chi connectivity index (χ0v) is 14.1. The molecular weight excluding hydrogens is 316 g/mol. The summed E-state index contributed by atoms with van der Waals surface area (Å²) in [6.07, 6.45) is 4.97. The van der Waals surface area contributed by atoms with Crippen molar-refractivity contribution in [3.05, 3.63) is 29.3 Å². The average molecular weight is 339 g/mol. The van der Waals surface area contributed by atoms with Crippen molar-refractivity contribution in [3.8, 4) is 0 Å². The number of hydrogen-bond acceptors (Lipinski definition) is 3. The average Bonchev–Trinajstić information content (AvgIpc) is 2.75. The van der Waals surface area contributed by atoms with E-state index in [1.54, 1.807) is 24.3 Å². The van der Waals surface area contributed by atoms with Crippen LogP contribution in [0.2, 0.25) is 5.02 Å². The van der Waals surface area contributed by atoms with E-state index in [1.165, 1.54) is 19.3 Å². The minimum absolute atomic E-state index is 0.352. The minimum atomic E-state index is -1.45. The number of carbonyl (C=O) groups excluding carboxylic acids is 2. The Morgan fingerprint density at radius 2 is 1.65 bits per heavy atom. The second-order valence-electron chi connectivity index (χ2n) is 5.76. The van der Waals surface area contributed by atoms with Crippen molar-refractivity contribution in [1.29, 1.82) is 0 Å². The summed E-state index contributed by atoms with van der Waals surface area (Å²) in [4.78, 5) is 26.8. The fourth-order valence-electron chi connectivity index (χ4n) is 2.69. The number of benzene rings is 1. The van der Waals surface area contributed by atoms with E-state index in [0.717, 1.165) is 29.1 Å². The number of imide groups is 1. The van der Waals surface area contributed by atoms with E-state index in [4.69, 9.17) is 11.6 Å². The third kappa shape index (κ3) is 4.24. The molecule has 1 heterocycles. The third-order valence-corrected chi connectivity index (χ3v) is 4.26. The monoisotopic (exact) mass is 338 g/mol. The van der Waals surface area contributed by atoms with Crippen molar-refractivity contribution in [2.24, 2.45) is 0 Å². The molecule has 2 rings (SSSR count). The van der Waals surface area contributed by atoms with Crippen LogP contribution in [-0.2, 0) is 4.79 Å². The smallest absolute Gasteiger partial charge is 0.333 e. The first-order chi connectivity index (χ1) is 11.1. The summed E-state index contributed by atoms with van der Waals surface area (Å²) in [6.45, 7) is 2.51. The van der Waals surface area contributed by atoms with E-state index in [-0.39, 0.29) is 0 Å². The highest BCUT2D eigenvalue weighted by molar-refractivity contribution is 6.30. The maximum Gasteiger partial charge on any atom is 0.333 e. The highest BCUT2D eigenvalue weighted by Gasteiger charge is 2.44. The molecule has 0 bridgehead atoms. The molecule has 6 heteroatoms. The molecule has 1 saturated heterocycles. The quantitative estimate of drug-likeness (QED) is 0.579. The lowest BCUT2D eigenvalue weighted by molar-refractivity contribution is -0.133. The Bertz CT molecular complexity index is 547. The van der Waals surface area contributed by atoms with Crippen LogP contribution in [0, 0.1) is 0 Å². The summed E-state index contributed by atoms with van der Waals surface area (Å²) >= 11 is 5.83. The number of anilines is 1. The number of aliphatic hydroxyl groups excluding tert-OH is 1. The van der Waals surface area contributed by atoms with Crippen LogP contribution < -0.4 is 4.90 Å². The number of hydrogen-bond donors (Lipinski definition) is 1. The number of carbonyl (C=O) groups is 2. The van der Waals surface area contributed by atoms with Gasteiger partial charge in [-0.05, 0) is 30.7 Å². The maximum atomic E-state index is 12.4. The van der Waals surface area contributed by atoms with Crippen molar-refractivity contribution < 1.29 is 14.7 Å². The largest absolute Gasteiger partial charge is 0.365 e. The predicted molar refractivity (Wildman–Crippen MR) is 90.4 cm³/mol. The van der Waals surface area contributed by atoms with Gasteiger partial charge >= 0.3 is 6.03 Å². The molecule has 126 valence electrons. The van der Waals surface area contributed by atoms with Gasteiger partial charge in [-0.15, -0.1) is 0 Å². The molecule has 0 aromatic heterocycles. The molecule has 0 aliphatic carbocycles. The lowest BCUT2D eigenvalue weighted by Crippen LogP contribution is -2.35. The van der Waals surface area contributed by atoms with Gasteiger partial charge in [0.2, 0.25) is 6.23 Å². The number of nitrogens with zero attached hydrogens (tertiary/aromatic N) is 2. The van der Waals surface area contributed by atoms with Crippen LogP contribution in [0.5, 0.6) is 0 Å². The van der Waals surface area contributed by atoms with E-state index in [2.05, 4.69) is 6.92 Å². The van der Waals surface area contributed by atoms with E-state index in [1.807, 2.05) is 0 Å². The zero-order chi connectivity index (χ0) is 16.8. The standard InChI is InChI=1S/C17H23ClN2O3/c1-2-3-4-5-6-7-12-19-15(21)16(22)20(17(19)23)14-10-8-13(18)9-11-14/h8-11,16,22H,2-7,12H2,1H3/t16-/m1/s1. The number of urea groups is 1. The van der Waals surface area contributed by atoms with Crippen molar-refractivity contribution in [1.82, 2.24) is 4.90 Å². The molecule has 0 spiro atoms. The van der Waals surface area contributed by atoms with Gasteiger partial charge in [-0.25, -0.2) is 4.79 Å². The van der Waals surface area contributed by atoms with Crippen molar-refractivity contribution in [2.75, 3.05) is 11.4 Å². The van der Waals surface area contributed by atoms with Crippen LogP contribution in [-0.4, -0.2) is 34.7 Å². The van der Waals surface area contributed by atoms with Crippen LogP contribution >= 0.6 is 11.6 Å². The molecule has 1 N–H and O–H groups in total. The fourth-order valence-corrected chi connectivity index (χ4v) is 2.81. The topological polar surface area (TPSA) is 60.9 Å². The maximum absolute atomic E-state index is 12.4. The highest BCUT2D eigenvalue weighted by atomic mass is 35.5. The van der Waals surface area contributed by atoms with E-state index >= 15 is 0 Å². The van der Waals surface area contributed by atoms with Crippen LogP contribution in [0.25, 0.3) is 0 Å². The Labute approximate surface area is 141 Å². The lowest BCUT2D eigenvalue weighted by atomic mass is 10.1. The first-order valence-electron chi connectivity index (χ1n) is 8.14. The second-order valence-corrected chi connectivity index (χ2v) is 6.20. The Morgan fingerprint density at radius 1 is 1.04 bits per heavy atom. The van der Waals surface area contributed by atoms with Gasteiger partial charge in [0, 0.05) is 17.3 Å². The summed E-state index contributed by atoms with van der Waals surface area (Å²) in [5, 5.41) is 10.6. The summed E-state index contributed by atoms with van der Waals surface area (Å²) in [7, 11) is 0. The zero-order valence-electron chi connectivity index (χ0n) is 13.4. The Morgan fingerprint density at radius 3 is 2.30 bits per heavy atom. The van der Waals surface area contributed by atoms with Crippen LogP contribution in [0.4, 0.5) is 10.5 Å². The normalized spacial score (nSPS) is 18.1. The summed E-state index contributed by atoms with van der Waals surface area (Å²) in [5.74, 6) is -0.557. The van der Waals surface area contributed by atoms with Crippen molar-refractivity contribution in [2.45, 2.75) is 51.7 Å². The second kappa shape index (κ2) is 8.31. The van der Waals surface area contributed by atoms with Crippen LogP contribution in [0.15, 0.2) is 24.3 Å². The molecule has 1 aliphatic heterocycles. The van der Waals surface area contributed by atoms with E-state index in [9.17, 15) is 14.7 Å². The Kier molecular flexibility index (Phi) is 6.42. The first-order valence-corrected chi connectivity index (χ1v) is 8.52. The lowest BCUT2D eigenvalue weighted by Gasteiger charge is -2.18. The molecule has 23 heavy (non-hydrogen) atoms. The fraction of sp³-hybridized carbons (Fsp3) is 0.529.